The SMILES string of the molecule is COc1ccc(CCC(=O)N2CCC(N(CCN3CCOCC3)C(C)=O)C2)cc1. The van der Waals surface area contributed by atoms with E-state index in [1.54, 1.807) is 14.0 Å². The first-order chi connectivity index (χ1) is 14.1. The van der Waals surface area contributed by atoms with Gasteiger partial charge in [-0.15, -0.1) is 0 Å². The Morgan fingerprint density at radius 2 is 1.90 bits per heavy atom. The zero-order chi connectivity index (χ0) is 20.6. The highest BCUT2D eigenvalue weighted by atomic mass is 16.5. The fraction of sp³-hybridized carbons (Fsp3) is 0.636. The number of carbonyl (C=O) groups is 2. The van der Waals surface area contributed by atoms with E-state index in [-0.39, 0.29) is 17.9 Å². The average Bonchev–Trinajstić information content (AvgIpc) is 3.23. The Morgan fingerprint density at radius 1 is 1.17 bits per heavy atom. The highest BCUT2D eigenvalue weighted by molar-refractivity contribution is 5.77. The maximum Gasteiger partial charge on any atom is 0.222 e. The number of ether oxygens (including phenoxy) is 2. The summed E-state index contributed by atoms with van der Waals surface area (Å²) in [6.45, 7) is 7.96. The van der Waals surface area contributed by atoms with Crippen LogP contribution >= 0.6 is 0 Å². The Bertz CT molecular complexity index is 673. The van der Waals surface area contributed by atoms with Crippen LogP contribution < -0.4 is 4.74 Å². The fourth-order valence-electron chi connectivity index (χ4n) is 4.10. The summed E-state index contributed by atoms with van der Waals surface area (Å²) in [4.78, 5) is 31.1. The predicted molar refractivity (Wildman–Crippen MR) is 111 cm³/mol. The number of rotatable bonds is 8. The number of amides is 2. The number of hydrogen-bond donors (Lipinski definition) is 0. The maximum atomic E-state index is 12.7. The van der Waals surface area contributed by atoms with Crippen molar-refractivity contribution < 1.29 is 19.1 Å². The summed E-state index contributed by atoms with van der Waals surface area (Å²) in [7, 11) is 1.65. The van der Waals surface area contributed by atoms with Gasteiger partial charge in [-0.05, 0) is 30.5 Å². The summed E-state index contributed by atoms with van der Waals surface area (Å²) >= 11 is 0. The van der Waals surface area contributed by atoms with Gasteiger partial charge in [0.15, 0.2) is 0 Å². The predicted octanol–water partition coefficient (Wildman–Crippen LogP) is 1.41. The molecular formula is C22H33N3O4. The van der Waals surface area contributed by atoms with Gasteiger partial charge >= 0.3 is 0 Å². The van der Waals surface area contributed by atoms with Crippen LogP contribution in [0.4, 0.5) is 0 Å². The highest BCUT2D eigenvalue weighted by Gasteiger charge is 2.31. The van der Waals surface area contributed by atoms with Crippen molar-refractivity contribution in [3.8, 4) is 5.75 Å². The molecule has 1 aromatic carbocycles. The minimum absolute atomic E-state index is 0.0933. The topological polar surface area (TPSA) is 62.3 Å². The summed E-state index contributed by atoms with van der Waals surface area (Å²) in [5, 5.41) is 0. The lowest BCUT2D eigenvalue weighted by Crippen LogP contribution is -2.47. The second kappa shape index (κ2) is 10.6. The molecule has 0 saturated carbocycles. The third-order valence-electron chi connectivity index (χ3n) is 5.91. The molecule has 3 rings (SSSR count). The Balaban J connectivity index is 1.46. The van der Waals surface area contributed by atoms with Gasteiger partial charge in [-0.3, -0.25) is 14.5 Å². The zero-order valence-electron chi connectivity index (χ0n) is 17.6. The van der Waals surface area contributed by atoms with Crippen molar-refractivity contribution in [1.29, 1.82) is 0 Å². The van der Waals surface area contributed by atoms with Gasteiger partial charge < -0.3 is 19.3 Å². The Morgan fingerprint density at radius 3 is 2.55 bits per heavy atom. The third kappa shape index (κ3) is 6.18. The van der Waals surface area contributed by atoms with E-state index in [0.29, 0.717) is 19.5 Å². The molecule has 2 aliphatic heterocycles. The lowest BCUT2D eigenvalue weighted by Gasteiger charge is -2.32. The van der Waals surface area contributed by atoms with Crippen LogP contribution in [0.3, 0.4) is 0 Å². The van der Waals surface area contributed by atoms with E-state index in [2.05, 4.69) is 4.90 Å². The first kappa shape index (κ1) is 21.6. The molecule has 2 heterocycles. The normalized spacial score (nSPS) is 19.9. The number of likely N-dealkylation sites (tertiary alicyclic amines) is 1. The summed E-state index contributed by atoms with van der Waals surface area (Å²) in [5.41, 5.74) is 1.13. The molecule has 0 radical (unpaired) electrons. The minimum atomic E-state index is 0.0933. The Labute approximate surface area is 173 Å². The van der Waals surface area contributed by atoms with Gasteiger partial charge in [0, 0.05) is 52.6 Å². The molecule has 0 bridgehead atoms. The molecule has 0 N–H and O–H groups in total. The fourth-order valence-corrected chi connectivity index (χ4v) is 4.10. The molecule has 0 spiro atoms. The number of aryl methyl sites for hydroxylation is 1. The van der Waals surface area contributed by atoms with Crippen molar-refractivity contribution in [3.63, 3.8) is 0 Å². The van der Waals surface area contributed by atoms with Crippen LogP contribution in [-0.4, -0.2) is 92.1 Å². The Hall–Kier alpha value is -2.12. The largest absolute Gasteiger partial charge is 0.497 e. The summed E-state index contributed by atoms with van der Waals surface area (Å²) in [5.74, 6) is 1.08. The number of hydrogen-bond acceptors (Lipinski definition) is 5. The molecule has 1 atom stereocenters. The molecule has 7 heteroatoms. The lowest BCUT2D eigenvalue weighted by atomic mass is 10.1. The van der Waals surface area contributed by atoms with Crippen molar-refractivity contribution in [2.45, 2.75) is 32.2 Å². The number of methoxy groups -OCH3 is 1. The number of carbonyl (C=O) groups excluding carboxylic acids is 2. The minimum Gasteiger partial charge on any atom is -0.497 e. The van der Waals surface area contributed by atoms with Crippen LogP contribution in [0, 0.1) is 0 Å². The van der Waals surface area contributed by atoms with Crippen molar-refractivity contribution in [1.82, 2.24) is 14.7 Å². The molecule has 0 aromatic heterocycles. The molecule has 160 valence electrons. The van der Waals surface area contributed by atoms with Crippen LogP contribution in [-0.2, 0) is 20.7 Å². The van der Waals surface area contributed by atoms with E-state index in [0.717, 1.165) is 63.5 Å². The van der Waals surface area contributed by atoms with Crippen LogP contribution in [0.2, 0.25) is 0 Å². The molecule has 2 amide bonds. The molecule has 7 nitrogen and oxygen atoms in total. The van der Waals surface area contributed by atoms with Gasteiger partial charge in [0.1, 0.15) is 5.75 Å². The molecule has 29 heavy (non-hydrogen) atoms. The lowest BCUT2D eigenvalue weighted by molar-refractivity contribution is -0.133. The maximum absolute atomic E-state index is 12.7. The highest BCUT2D eigenvalue weighted by Crippen LogP contribution is 2.19. The average molecular weight is 404 g/mol. The van der Waals surface area contributed by atoms with Gasteiger partial charge in [-0.2, -0.15) is 0 Å². The van der Waals surface area contributed by atoms with Crippen molar-refractivity contribution in [2.75, 3.05) is 59.6 Å². The molecule has 2 saturated heterocycles. The Kier molecular flexibility index (Phi) is 7.89. The van der Waals surface area contributed by atoms with E-state index < -0.39 is 0 Å². The second-order valence-corrected chi connectivity index (χ2v) is 7.80. The number of morpholine rings is 1. The van der Waals surface area contributed by atoms with Crippen LogP contribution in [0.1, 0.15) is 25.3 Å². The van der Waals surface area contributed by atoms with Gasteiger partial charge in [-0.1, -0.05) is 12.1 Å². The molecule has 1 unspecified atom stereocenters. The third-order valence-corrected chi connectivity index (χ3v) is 5.91. The second-order valence-electron chi connectivity index (χ2n) is 7.80. The molecule has 0 aliphatic carbocycles. The number of benzene rings is 1. The smallest absolute Gasteiger partial charge is 0.222 e. The van der Waals surface area contributed by atoms with Gasteiger partial charge in [0.25, 0.3) is 0 Å². The molecular weight excluding hydrogens is 370 g/mol. The summed E-state index contributed by atoms with van der Waals surface area (Å²) < 4.78 is 10.6. The van der Waals surface area contributed by atoms with Crippen LogP contribution in [0.15, 0.2) is 24.3 Å². The summed E-state index contributed by atoms with van der Waals surface area (Å²) in [6.07, 6.45) is 2.07. The van der Waals surface area contributed by atoms with Gasteiger partial charge in [-0.25, -0.2) is 0 Å². The first-order valence-corrected chi connectivity index (χ1v) is 10.5. The van der Waals surface area contributed by atoms with Crippen molar-refractivity contribution in [2.24, 2.45) is 0 Å². The van der Waals surface area contributed by atoms with Crippen LogP contribution in [0.5, 0.6) is 5.75 Å². The van der Waals surface area contributed by atoms with Gasteiger partial charge in [0.2, 0.25) is 11.8 Å². The van der Waals surface area contributed by atoms with Crippen molar-refractivity contribution in [3.05, 3.63) is 29.8 Å². The quantitative estimate of drug-likeness (QED) is 0.657. The van der Waals surface area contributed by atoms with E-state index >= 15 is 0 Å². The van der Waals surface area contributed by atoms with E-state index in [9.17, 15) is 9.59 Å². The van der Waals surface area contributed by atoms with Crippen LogP contribution in [0.25, 0.3) is 0 Å². The standard InChI is InChI=1S/C22H33N3O4/c1-18(26)25(12-11-23-13-15-29-16-14-23)20-9-10-24(17-20)22(27)8-5-19-3-6-21(28-2)7-4-19/h3-4,6-7,20H,5,8-17H2,1-2H3. The van der Waals surface area contributed by atoms with Crippen molar-refractivity contribution >= 4 is 11.8 Å². The molecule has 1 aromatic rings. The van der Waals surface area contributed by atoms with E-state index in [4.69, 9.17) is 9.47 Å². The first-order valence-electron chi connectivity index (χ1n) is 10.5. The molecule has 2 aliphatic rings. The summed E-state index contributed by atoms with van der Waals surface area (Å²) in [6, 6.07) is 7.97. The monoisotopic (exact) mass is 403 g/mol. The zero-order valence-corrected chi connectivity index (χ0v) is 17.6. The van der Waals surface area contributed by atoms with Gasteiger partial charge in [0.05, 0.1) is 26.4 Å². The number of nitrogens with zero attached hydrogens (tertiary/aromatic N) is 3. The van der Waals surface area contributed by atoms with E-state index in [1.807, 2.05) is 34.1 Å². The van der Waals surface area contributed by atoms with E-state index in [1.165, 1.54) is 0 Å². The molecule has 2 fully saturated rings.